The summed E-state index contributed by atoms with van der Waals surface area (Å²) in [6.07, 6.45) is 0. The van der Waals surface area contributed by atoms with E-state index in [0.717, 1.165) is 4.90 Å². The number of Topliss-reactive ketones (excluding diaryl/α,β-unsaturated/α-hetero) is 1. The summed E-state index contributed by atoms with van der Waals surface area (Å²) in [5, 5.41) is 2.32. The molecule has 1 heterocycles. The monoisotopic (exact) mass is 251 g/mol. The summed E-state index contributed by atoms with van der Waals surface area (Å²) in [7, 11) is 1.56. The molecule has 1 N–H and O–H groups in total. The number of nitrogens with one attached hydrogen (secondary N) is 1. The van der Waals surface area contributed by atoms with Crippen molar-refractivity contribution in [3.63, 3.8) is 0 Å². The second-order valence-electron chi connectivity index (χ2n) is 3.41. The van der Waals surface area contributed by atoms with Gasteiger partial charge in [0.05, 0.1) is 5.75 Å². The summed E-state index contributed by atoms with van der Waals surface area (Å²) in [6, 6.07) is 9.54. The van der Waals surface area contributed by atoms with Crippen molar-refractivity contribution < 1.29 is 14.0 Å². The SMILES string of the molecule is C[n+]1[nH]oc(=O)c1C(=O)CSc1ccccc1. The fourth-order valence-corrected chi connectivity index (χ4v) is 2.16. The molecular weight excluding hydrogens is 240 g/mol. The van der Waals surface area contributed by atoms with Crippen LogP contribution in [-0.2, 0) is 7.05 Å². The molecule has 2 aromatic rings. The van der Waals surface area contributed by atoms with Crippen molar-refractivity contribution in [3.05, 3.63) is 46.4 Å². The second-order valence-corrected chi connectivity index (χ2v) is 4.46. The maximum atomic E-state index is 11.8. The van der Waals surface area contributed by atoms with E-state index in [1.807, 2.05) is 30.3 Å². The molecule has 88 valence electrons. The van der Waals surface area contributed by atoms with Gasteiger partial charge in [-0.25, -0.2) is 4.79 Å². The van der Waals surface area contributed by atoms with Gasteiger partial charge in [-0.1, -0.05) is 22.9 Å². The average Bonchev–Trinajstić information content (AvgIpc) is 2.67. The minimum atomic E-state index is -0.633. The Morgan fingerprint density at radius 2 is 2.12 bits per heavy atom. The van der Waals surface area contributed by atoms with Crippen molar-refractivity contribution >= 4 is 17.5 Å². The normalized spacial score (nSPS) is 10.4. The first-order chi connectivity index (χ1) is 8.18. The number of hydrogen-bond donors (Lipinski definition) is 1. The fraction of sp³-hybridized carbons (Fsp3) is 0.182. The van der Waals surface area contributed by atoms with Gasteiger partial charge in [0.15, 0.2) is 7.05 Å². The fourth-order valence-electron chi connectivity index (χ4n) is 1.38. The minimum Gasteiger partial charge on any atom is -0.286 e. The lowest BCUT2D eigenvalue weighted by molar-refractivity contribution is -0.741. The highest BCUT2D eigenvalue weighted by Gasteiger charge is 2.25. The van der Waals surface area contributed by atoms with Crippen LogP contribution >= 0.6 is 11.8 Å². The van der Waals surface area contributed by atoms with Crippen LogP contribution < -0.4 is 10.3 Å². The number of nitrogens with zero attached hydrogens (tertiary/aromatic N) is 1. The number of aromatic amines is 1. The van der Waals surface area contributed by atoms with E-state index in [2.05, 4.69) is 9.79 Å². The highest BCUT2D eigenvalue weighted by molar-refractivity contribution is 8.00. The van der Waals surface area contributed by atoms with E-state index in [0.29, 0.717) is 0 Å². The molecular formula is C11H11N2O3S+. The lowest BCUT2D eigenvalue weighted by Crippen LogP contribution is -2.39. The Morgan fingerprint density at radius 1 is 1.41 bits per heavy atom. The Bertz CT molecular complexity index is 574. The molecule has 0 fully saturated rings. The van der Waals surface area contributed by atoms with Gasteiger partial charge >= 0.3 is 11.3 Å². The van der Waals surface area contributed by atoms with Crippen LogP contribution in [0.3, 0.4) is 0 Å². The van der Waals surface area contributed by atoms with Gasteiger partial charge in [0.25, 0.3) is 0 Å². The summed E-state index contributed by atoms with van der Waals surface area (Å²) in [4.78, 5) is 24.0. The summed E-state index contributed by atoms with van der Waals surface area (Å²) >= 11 is 1.39. The van der Waals surface area contributed by atoms with Crippen LogP contribution in [0.25, 0.3) is 0 Å². The minimum absolute atomic E-state index is 0.0356. The molecule has 5 nitrogen and oxygen atoms in total. The van der Waals surface area contributed by atoms with Crippen molar-refractivity contribution in [2.24, 2.45) is 7.05 Å². The molecule has 0 spiro atoms. The molecule has 0 unspecified atom stereocenters. The van der Waals surface area contributed by atoms with Crippen LogP contribution in [-0.4, -0.2) is 16.8 Å². The maximum absolute atomic E-state index is 11.8. The van der Waals surface area contributed by atoms with Crippen molar-refractivity contribution in [2.45, 2.75) is 4.90 Å². The van der Waals surface area contributed by atoms with Crippen LogP contribution in [0.4, 0.5) is 0 Å². The number of thioether (sulfide) groups is 1. The van der Waals surface area contributed by atoms with Gasteiger partial charge in [0, 0.05) is 4.90 Å². The lowest BCUT2D eigenvalue weighted by atomic mass is 10.3. The van der Waals surface area contributed by atoms with E-state index in [9.17, 15) is 9.59 Å². The molecule has 0 aliphatic heterocycles. The number of H-pyrrole nitrogens is 1. The van der Waals surface area contributed by atoms with E-state index < -0.39 is 5.63 Å². The zero-order valence-corrected chi connectivity index (χ0v) is 9.99. The molecule has 2 rings (SSSR count). The van der Waals surface area contributed by atoms with Crippen LogP contribution in [0.1, 0.15) is 10.5 Å². The molecule has 0 aliphatic rings. The van der Waals surface area contributed by atoms with E-state index >= 15 is 0 Å². The number of aromatic nitrogens is 2. The van der Waals surface area contributed by atoms with Gasteiger partial charge in [-0.15, -0.1) is 11.8 Å². The van der Waals surface area contributed by atoms with Crippen LogP contribution in [0.5, 0.6) is 0 Å². The lowest BCUT2D eigenvalue weighted by Gasteiger charge is -1.96. The molecule has 1 aromatic heterocycles. The first-order valence-electron chi connectivity index (χ1n) is 4.97. The largest absolute Gasteiger partial charge is 0.438 e. The number of rotatable bonds is 4. The second kappa shape index (κ2) is 5.01. The summed E-state index contributed by atoms with van der Waals surface area (Å²) in [6.45, 7) is 0. The van der Waals surface area contributed by atoms with Crippen molar-refractivity contribution in [1.29, 1.82) is 0 Å². The Morgan fingerprint density at radius 3 is 2.71 bits per heavy atom. The van der Waals surface area contributed by atoms with Crippen LogP contribution in [0.2, 0.25) is 0 Å². The van der Waals surface area contributed by atoms with E-state index in [1.54, 1.807) is 7.05 Å². The number of aryl methyl sites for hydroxylation is 1. The van der Waals surface area contributed by atoms with Gasteiger partial charge < -0.3 is 0 Å². The Balaban J connectivity index is 2.06. The molecule has 0 saturated heterocycles. The molecule has 0 bridgehead atoms. The van der Waals surface area contributed by atoms with E-state index in [4.69, 9.17) is 0 Å². The van der Waals surface area contributed by atoms with E-state index in [-0.39, 0.29) is 17.2 Å². The first-order valence-corrected chi connectivity index (χ1v) is 5.95. The predicted octanol–water partition coefficient (Wildman–Crippen LogP) is 0.767. The quantitative estimate of drug-likeness (QED) is 0.495. The highest BCUT2D eigenvalue weighted by atomic mass is 32.2. The van der Waals surface area contributed by atoms with Gasteiger partial charge in [-0.05, 0) is 17.4 Å². The first kappa shape index (κ1) is 11.7. The number of benzene rings is 1. The van der Waals surface area contributed by atoms with Crippen molar-refractivity contribution in [2.75, 3.05) is 5.75 Å². The zero-order valence-electron chi connectivity index (χ0n) is 9.17. The van der Waals surface area contributed by atoms with Gasteiger partial charge in [0.2, 0.25) is 5.78 Å². The smallest absolute Gasteiger partial charge is 0.286 e. The summed E-state index contributed by atoms with van der Waals surface area (Å²) in [5.41, 5.74) is -0.598. The molecule has 1 aromatic carbocycles. The van der Waals surface area contributed by atoms with Gasteiger partial charge in [-0.3, -0.25) is 9.32 Å². The Kier molecular flexibility index (Phi) is 3.43. The Labute approximate surface area is 101 Å². The average molecular weight is 251 g/mol. The third kappa shape index (κ3) is 2.65. The topological polar surface area (TPSA) is 67.0 Å². The van der Waals surface area contributed by atoms with Gasteiger partial charge in [-0.2, -0.15) is 0 Å². The number of carbonyl (C=O) groups is 1. The maximum Gasteiger partial charge on any atom is 0.438 e. The molecule has 17 heavy (non-hydrogen) atoms. The highest BCUT2D eigenvalue weighted by Crippen LogP contribution is 2.17. The van der Waals surface area contributed by atoms with Crippen LogP contribution in [0.15, 0.2) is 44.5 Å². The van der Waals surface area contributed by atoms with Crippen LogP contribution in [0, 0.1) is 0 Å². The molecule has 0 saturated carbocycles. The standard InChI is InChI=1S/C11H10N2O3S/c1-13-10(11(15)16-12-13)9(14)7-17-8-5-3-2-4-6-8/h2-6H,7H2,1H3/p+1. The number of ketones is 1. The van der Waals surface area contributed by atoms with Crippen molar-refractivity contribution in [3.8, 4) is 0 Å². The zero-order chi connectivity index (χ0) is 12.3. The molecule has 0 amide bonds. The van der Waals surface area contributed by atoms with Crippen molar-refractivity contribution in [1.82, 2.24) is 5.27 Å². The molecule has 6 heteroatoms. The molecule has 0 aliphatic carbocycles. The molecule has 0 radical (unpaired) electrons. The van der Waals surface area contributed by atoms with Gasteiger partial charge in [0.1, 0.15) is 0 Å². The third-order valence-electron chi connectivity index (χ3n) is 2.18. The predicted molar refractivity (Wildman–Crippen MR) is 62.0 cm³/mol. The summed E-state index contributed by atoms with van der Waals surface area (Å²) in [5.74, 6) is -0.0446. The Hall–Kier alpha value is -1.82. The number of carbonyl (C=O) groups excluding carboxylic acids is 1. The number of hydrogen-bond acceptors (Lipinski definition) is 4. The molecule has 0 atom stereocenters. The summed E-state index contributed by atoms with van der Waals surface area (Å²) < 4.78 is 5.81. The third-order valence-corrected chi connectivity index (χ3v) is 3.19. The van der Waals surface area contributed by atoms with E-state index in [1.165, 1.54) is 16.4 Å².